The fraction of sp³-hybridized carbons (Fsp3) is 0.217. The van der Waals surface area contributed by atoms with Gasteiger partial charge in [0.1, 0.15) is 12.3 Å². The number of alkyl carbamates (subject to hydrolysis) is 1. The third-order valence-electron chi connectivity index (χ3n) is 5.87. The molecule has 1 saturated heterocycles. The van der Waals surface area contributed by atoms with Crippen LogP contribution in [0.4, 0.5) is 4.79 Å². The van der Waals surface area contributed by atoms with Crippen LogP contribution in [-0.2, 0) is 17.6 Å². The first kappa shape index (κ1) is 19.8. The number of aromatic carboxylic acids is 1. The summed E-state index contributed by atoms with van der Waals surface area (Å²) in [6, 6.07) is 12.0. The standard InChI is InChI=1S/C23H19N3O6/c27-20-15-3-1-2-4-16(15)21(28)26(20)8-7-14-17-10-12(9-13-11-32-23(31)24-13)5-6-18(17)25-19(14)22(29)30/h1-6,10,13,25H,7-9,11H2,(H,24,31)(H,29,30). The van der Waals surface area contributed by atoms with Crippen molar-refractivity contribution in [3.05, 3.63) is 70.4 Å². The van der Waals surface area contributed by atoms with Gasteiger partial charge in [-0.2, -0.15) is 0 Å². The highest BCUT2D eigenvalue weighted by Crippen LogP contribution is 2.28. The molecular weight excluding hydrogens is 414 g/mol. The lowest BCUT2D eigenvalue weighted by Gasteiger charge is -2.14. The van der Waals surface area contributed by atoms with E-state index in [1.54, 1.807) is 30.3 Å². The van der Waals surface area contributed by atoms with Crippen LogP contribution in [-0.4, -0.2) is 58.1 Å². The average Bonchev–Trinajstić information content (AvgIpc) is 3.42. The zero-order chi connectivity index (χ0) is 22.4. The Bertz CT molecular complexity index is 1260. The molecule has 3 heterocycles. The number of fused-ring (bicyclic) bond motifs is 2. The van der Waals surface area contributed by atoms with E-state index in [2.05, 4.69) is 10.3 Å². The van der Waals surface area contributed by atoms with Crippen LogP contribution < -0.4 is 5.32 Å². The maximum Gasteiger partial charge on any atom is 0.407 e. The minimum absolute atomic E-state index is 0.0336. The summed E-state index contributed by atoms with van der Waals surface area (Å²) in [4.78, 5) is 52.5. The number of rotatable bonds is 6. The van der Waals surface area contributed by atoms with Crippen LogP contribution in [0.3, 0.4) is 0 Å². The topological polar surface area (TPSA) is 129 Å². The van der Waals surface area contributed by atoms with E-state index in [1.165, 1.54) is 0 Å². The molecule has 3 amide bonds. The molecule has 3 N–H and O–H groups in total. The minimum atomic E-state index is -1.11. The van der Waals surface area contributed by atoms with Crippen molar-refractivity contribution in [2.45, 2.75) is 18.9 Å². The average molecular weight is 433 g/mol. The summed E-state index contributed by atoms with van der Waals surface area (Å²) in [7, 11) is 0. The molecule has 9 heteroatoms. The SMILES string of the molecule is O=C1NC(Cc2ccc3[nH]c(C(=O)O)c(CCN4C(=O)c5ccccc5C4=O)c3c2)CO1. The maximum absolute atomic E-state index is 12.7. The van der Waals surface area contributed by atoms with Crippen molar-refractivity contribution in [1.29, 1.82) is 0 Å². The highest BCUT2D eigenvalue weighted by atomic mass is 16.6. The lowest BCUT2D eigenvalue weighted by Crippen LogP contribution is -2.32. The van der Waals surface area contributed by atoms with Crippen molar-refractivity contribution in [2.75, 3.05) is 13.2 Å². The quantitative estimate of drug-likeness (QED) is 0.512. The van der Waals surface area contributed by atoms with Gasteiger partial charge in [-0.15, -0.1) is 0 Å². The second kappa shape index (κ2) is 7.52. The number of carbonyl (C=O) groups is 4. The molecule has 2 aromatic carbocycles. The smallest absolute Gasteiger partial charge is 0.407 e. The number of nitrogens with one attached hydrogen (secondary N) is 2. The van der Waals surface area contributed by atoms with Crippen molar-refractivity contribution in [1.82, 2.24) is 15.2 Å². The Morgan fingerprint density at radius 1 is 1.09 bits per heavy atom. The molecule has 1 fully saturated rings. The number of imide groups is 1. The van der Waals surface area contributed by atoms with Gasteiger partial charge in [0.05, 0.1) is 17.2 Å². The van der Waals surface area contributed by atoms with E-state index >= 15 is 0 Å². The summed E-state index contributed by atoms with van der Waals surface area (Å²) in [5.41, 5.74) is 2.83. The monoisotopic (exact) mass is 433 g/mol. The Labute approximate surface area is 182 Å². The summed E-state index contributed by atoms with van der Waals surface area (Å²) in [5.74, 6) is -1.86. The highest BCUT2D eigenvalue weighted by Gasteiger charge is 2.35. The number of benzene rings is 2. The van der Waals surface area contributed by atoms with Crippen molar-refractivity contribution in [3.8, 4) is 0 Å². The normalized spacial score (nSPS) is 17.6. The van der Waals surface area contributed by atoms with Crippen LogP contribution in [0.2, 0.25) is 0 Å². The molecule has 1 aromatic heterocycles. The van der Waals surface area contributed by atoms with Gasteiger partial charge in [-0.1, -0.05) is 18.2 Å². The van der Waals surface area contributed by atoms with E-state index in [-0.39, 0.29) is 43.1 Å². The Kier molecular flexibility index (Phi) is 4.66. The van der Waals surface area contributed by atoms with Crippen LogP contribution in [0.15, 0.2) is 42.5 Å². The number of carbonyl (C=O) groups excluding carboxylic acids is 3. The summed E-state index contributed by atoms with van der Waals surface area (Å²) >= 11 is 0. The number of nitrogens with zero attached hydrogens (tertiary/aromatic N) is 1. The van der Waals surface area contributed by atoms with Crippen LogP contribution in [0, 0.1) is 0 Å². The number of aromatic amines is 1. The van der Waals surface area contributed by atoms with E-state index in [1.807, 2.05) is 12.1 Å². The Morgan fingerprint density at radius 2 is 1.81 bits per heavy atom. The van der Waals surface area contributed by atoms with Gasteiger partial charge in [0, 0.05) is 17.4 Å². The Morgan fingerprint density at radius 3 is 2.44 bits per heavy atom. The zero-order valence-corrected chi connectivity index (χ0v) is 16.9. The predicted molar refractivity (Wildman–Crippen MR) is 113 cm³/mol. The third kappa shape index (κ3) is 3.27. The van der Waals surface area contributed by atoms with Gasteiger partial charge in [-0.25, -0.2) is 9.59 Å². The Hall–Kier alpha value is -4.14. The van der Waals surface area contributed by atoms with Gasteiger partial charge in [-0.3, -0.25) is 14.5 Å². The van der Waals surface area contributed by atoms with E-state index < -0.39 is 12.1 Å². The first-order valence-electron chi connectivity index (χ1n) is 10.2. The van der Waals surface area contributed by atoms with E-state index in [4.69, 9.17) is 4.74 Å². The summed E-state index contributed by atoms with van der Waals surface area (Å²) in [5, 5.41) is 13.1. The number of carboxylic acids is 1. The largest absolute Gasteiger partial charge is 0.477 e. The lowest BCUT2D eigenvalue weighted by molar-refractivity contribution is 0.0655. The van der Waals surface area contributed by atoms with Crippen LogP contribution in [0.25, 0.3) is 10.9 Å². The molecule has 1 atom stereocenters. The summed E-state index contributed by atoms with van der Waals surface area (Å²) in [6.07, 6.45) is 0.278. The molecule has 2 aliphatic heterocycles. The molecule has 1 unspecified atom stereocenters. The molecule has 5 rings (SSSR count). The molecule has 0 aliphatic carbocycles. The maximum atomic E-state index is 12.7. The lowest BCUT2D eigenvalue weighted by atomic mass is 10.0. The molecule has 0 spiro atoms. The molecule has 0 saturated carbocycles. The number of cyclic esters (lactones) is 1. The molecular formula is C23H19N3O6. The predicted octanol–water partition coefficient (Wildman–Crippen LogP) is 2.36. The third-order valence-corrected chi connectivity index (χ3v) is 5.87. The number of ether oxygens (including phenoxy) is 1. The van der Waals surface area contributed by atoms with Gasteiger partial charge in [0.2, 0.25) is 0 Å². The van der Waals surface area contributed by atoms with Crippen LogP contribution >= 0.6 is 0 Å². The fourth-order valence-electron chi connectivity index (χ4n) is 4.35. The van der Waals surface area contributed by atoms with Crippen molar-refractivity contribution >= 4 is 34.8 Å². The molecule has 0 radical (unpaired) electrons. The van der Waals surface area contributed by atoms with Crippen molar-refractivity contribution in [2.24, 2.45) is 0 Å². The van der Waals surface area contributed by atoms with Gasteiger partial charge in [0.25, 0.3) is 11.8 Å². The molecule has 9 nitrogen and oxygen atoms in total. The number of hydrogen-bond acceptors (Lipinski definition) is 5. The second-order valence-corrected chi connectivity index (χ2v) is 7.87. The van der Waals surface area contributed by atoms with Gasteiger partial charge < -0.3 is 20.1 Å². The first-order chi connectivity index (χ1) is 15.4. The van der Waals surface area contributed by atoms with Gasteiger partial charge in [-0.05, 0) is 48.2 Å². The fourth-order valence-corrected chi connectivity index (χ4v) is 4.35. The molecule has 2 aliphatic rings. The van der Waals surface area contributed by atoms with Crippen molar-refractivity contribution in [3.63, 3.8) is 0 Å². The van der Waals surface area contributed by atoms with Crippen LogP contribution in [0.5, 0.6) is 0 Å². The van der Waals surface area contributed by atoms with E-state index in [0.29, 0.717) is 34.0 Å². The number of hydrogen-bond donors (Lipinski definition) is 3. The number of H-pyrrole nitrogens is 1. The van der Waals surface area contributed by atoms with Crippen LogP contribution in [0.1, 0.15) is 42.3 Å². The Balaban J connectivity index is 1.43. The number of carboxylic acid groups (broad SMARTS) is 1. The first-order valence-corrected chi connectivity index (χ1v) is 10.2. The molecule has 0 bridgehead atoms. The number of aromatic nitrogens is 1. The zero-order valence-electron chi connectivity index (χ0n) is 16.9. The number of amides is 3. The summed E-state index contributed by atoms with van der Waals surface area (Å²) in [6.45, 7) is 0.341. The van der Waals surface area contributed by atoms with Gasteiger partial charge >= 0.3 is 12.1 Å². The van der Waals surface area contributed by atoms with E-state index in [9.17, 15) is 24.3 Å². The van der Waals surface area contributed by atoms with Crippen molar-refractivity contribution < 1.29 is 29.0 Å². The molecule has 32 heavy (non-hydrogen) atoms. The molecule has 3 aromatic rings. The minimum Gasteiger partial charge on any atom is -0.477 e. The van der Waals surface area contributed by atoms with E-state index in [0.717, 1.165) is 10.5 Å². The highest BCUT2D eigenvalue weighted by molar-refractivity contribution is 6.21. The molecule has 162 valence electrons. The van der Waals surface area contributed by atoms with Gasteiger partial charge in [0.15, 0.2) is 0 Å². The summed E-state index contributed by atoms with van der Waals surface area (Å²) < 4.78 is 4.92. The second-order valence-electron chi connectivity index (χ2n) is 7.87.